The summed E-state index contributed by atoms with van der Waals surface area (Å²) in [5.74, 6) is -0.427. The van der Waals surface area contributed by atoms with Crippen LogP contribution < -0.4 is 10.1 Å². The number of rotatable bonds is 5. The van der Waals surface area contributed by atoms with E-state index in [0.717, 1.165) is 0 Å². The third-order valence-corrected chi connectivity index (χ3v) is 3.65. The third kappa shape index (κ3) is 4.37. The van der Waals surface area contributed by atoms with Gasteiger partial charge >= 0.3 is 5.97 Å². The Bertz CT molecular complexity index is 781. The third-order valence-electron chi connectivity index (χ3n) is 3.12. The van der Waals surface area contributed by atoms with Crippen LogP contribution in [0.25, 0.3) is 0 Å². The lowest BCUT2D eigenvalue weighted by molar-refractivity contribution is -0.115. The number of methoxy groups -OCH3 is 2. The second kappa shape index (κ2) is 7.99. The van der Waals surface area contributed by atoms with Crippen molar-refractivity contribution in [3.63, 3.8) is 0 Å². The molecule has 0 saturated carbocycles. The number of carbonyl (C=O) groups is 2. The molecule has 1 heterocycles. The van der Waals surface area contributed by atoms with Crippen molar-refractivity contribution in [3.8, 4) is 5.75 Å². The van der Waals surface area contributed by atoms with Crippen molar-refractivity contribution >= 4 is 40.8 Å². The fourth-order valence-corrected chi connectivity index (χ4v) is 2.35. The molecular formula is C16H14Cl2N2O4. The van der Waals surface area contributed by atoms with E-state index in [1.54, 1.807) is 18.2 Å². The van der Waals surface area contributed by atoms with E-state index in [-0.39, 0.29) is 28.7 Å². The summed E-state index contributed by atoms with van der Waals surface area (Å²) < 4.78 is 9.79. The number of hydrogen-bond donors (Lipinski definition) is 1. The summed E-state index contributed by atoms with van der Waals surface area (Å²) in [4.78, 5) is 27.6. The zero-order chi connectivity index (χ0) is 17.7. The highest BCUT2D eigenvalue weighted by Crippen LogP contribution is 2.25. The van der Waals surface area contributed by atoms with Crippen LogP contribution in [0.3, 0.4) is 0 Å². The summed E-state index contributed by atoms with van der Waals surface area (Å²) in [7, 11) is 2.75. The number of anilines is 1. The minimum atomic E-state index is -0.626. The van der Waals surface area contributed by atoms with E-state index in [1.165, 1.54) is 26.5 Å². The predicted molar refractivity (Wildman–Crippen MR) is 90.9 cm³/mol. The molecule has 126 valence electrons. The maximum atomic E-state index is 12.3. The zero-order valence-corrected chi connectivity index (χ0v) is 14.4. The summed E-state index contributed by atoms with van der Waals surface area (Å²) in [5, 5.41) is 3.33. The minimum absolute atomic E-state index is 0.0238. The Hall–Kier alpha value is -2.31. The molecule has 6 nitrogen and oxygen atoms in total. The topological polar surface area (TPSA) is 77.5 Å². The number of esters is 1. The molecule has 0 saturated heterocycles. The predicted octanol–water partition coefficient (Wildman–Crippen LogP) is 3.36. The van der Waals surface area contributed by atoms with Crippen molar-refractivity contribution in [2.75, 3.05) is 19.5 Å². The van der Waals surface area contributed by atoms with E-state index in [1.807, 2.05) is 0 Å². The molecule has 1 N–H and O–H groups in total. The van der Waals surface area contributed by atoms with Crippen LogP contribution in [0.2, 0.25) is 10.0 Å². The Morgan fingerprint density at radius 2 is 1.96 bits per heavy atom. The number of ether oxygens (including phenoxy) is 2. The maximum absolute atomic E-state index is 12.3. The van der Waals surface area contributed by atoms with Gasteiger partial charge in [0, 0.05) is 16.8 Å². The van der Waals surface area contributed by atoms with Crippen molar-refractivity contribution in [1.29, 1.82) is 0 Å². The van der Waals surface area contributed by atoms with Crippen LogP contribution in [-0.4, -0.2) is 31.1 Å². The molecule has 1 aromatic carbocycles. The molecule has 0 fully saturated rings. The van der Waals surface area contributed by atoms with Gasteiger partial charge in [-0.1, -0.05) is 23.2 Å². The largest absolute Gasteiger partial charge is 0.496 e. The van der Waals surface area contributed by atoms with Crippen LogP contribution in [0.1, 0.15) is 16.1 Å². The lowest BCUT2D eigenvalue weighted by Gasteiger charge is -2.11. The van der Waals surface area contributed by atoms with Crippen molar-refractivity contribution in [2.24, 2.45) is 0 Å². The number of nitrogens with zero attached hydrogens (tertiary/aromatic N) is 1. The van der Waals surface area contributed by atoms with Crippen LogP contribution in [-0.2, 0) is 16.0 Å². The molecule has 1 aromatic heterocycles. The molecule has 0 aliphatic rings. The highest BCUT2D eigenvalue weighted by molar-refractivity contribution is 6.33. The number of aromatic nitrogens is 1. The number of pyridine rings is 1. The first-order valence-electron chi connectivity index (χ1n) is 6.80. The zero-order valence-electron chi connectivity index (χ0n) is 12.9. The van der Waals surface area contributed by atoms with Gasteiger partial charge in [-0.05, 0) is 24.3 Å². The fourth-order valence-electron chi connectivity index (χ4n) is 2.00. The number of carbonyl (C=O) groups excluding carboxylic acids is 2. The number of halogens is 2. The molecule has 2 rings (SSSR count). The number of nitrogens with one attached hydrogen (secondary N) is 1. The van der Waals surface area contributed by atoms with Crippen molar-refractivity contribution in [3.05, 3.63) is 51.8 Å². The lowest BCUT2D eigenvalue weighted by atomic mass is 10.1. The molecule has 0 spiro atoms. The van der Waals surface area contributed by atoms with E-state index >= 15 is 0 Å². The minimum Gasteiger partial charge on any atom is -0.496 e. The average Bonchev–Trinajstić information content (AvgIpc) is 2.56. The van der Waals surface area contributed by atoms with Gasteiger partial charge < -0.3 is 14.8 Å². The van der Waals surface area contributed by atoms with E-state index in [2.05, 4.69) is 15.0 Å². The van der Waals surface area contributed by atoms with Crippen molar-refractivity contribution < 1.29 is 19.1 Å². The second-order valence-electron chi connectivity index (χ2n) is 4.72. The van der Waals surface area contributed by atoms with Crippen LogP contribution in [0.4, 0.5) is 5.69 Å². The highest BCUT2D eigenvalue weighted by Gasteiger charge is 2.14. The maximum Gasteiger partial charge on any atom is 0.356 e. The fraction of sp³-hybridized carbons (Fsp3) is 0.188. The van der Waals surface area contributed by atoms with Crippen molar-refractivity contribution in [2.45, 2.75) is 6.42 Å². The van der Waals surface area contributed by atoms with Crippen molar-refractivity contribution in [1.82, 2.24) is 4.98 Å². The molecule has 1 amide bonds. The molecule has 8 heteroatoms. The molecule has 0 unspecified atom stereocenters. The Labute approximate surface area is 148 Å². The van der Waals surface area contributed by atoms with E-state index in [0.29, 0.717) is 16.3 Å². The van der Waals surface area contributed by atoms with Crippen LogP contribution >= 0.6 is 23.2 Å². The lowest BCUT2D eigenvalue weighted by Crippen LogP contribution is -2.16. The molecular weight excluding hydrogens is 355 g/mol. The van der Waals surface area contributed by atoms with E-state index in [9.17, 15) is 9.59 Å². The Kier molecular flexibility index (Phi) is 6.00. The number of benzene rings is 1. The van der Waals surface area contributed by atoms with Gasteiger partial charge in [-0.2, -0.15) is 0 Å². The Balaban J connectivity index is 2.18. The molecule has 0 aliphatic carbocycles. The Morgan fingerprint density at radius 1 is 1.21 bits per heavy atom. The van der Waals surface area contributed by atoms with Gasteiger partial charge in [0.1, 0.15) is 5.75 Å². The smallest absolute Gasteiger partial charge is 0.356 e. The van der Waals surface area contributed by atoms with Gasteiger partial charge in [0.2, 0.25) is 5.91 Å². The molecule has 0 aliphatic heterocycles. The monoisotopic (exact) mass is 368 g/mol. The van der Waals surface area contributed by atoms with Gasteiger partial charge in [-0.25, -0.2) is 9.78 Å². The van der Waals surface area contributed by atoms with Gasteiger partial charge in [0.05, 0.1) is 31.4 Å². The van der Waals surface area contributed by atoms with E-state index < -0.39 is 5.97 Å². The van der Waals surface area contributed by atoms with Gasteiger partial charge in [0.15, 0.2) is 5.69 Å². The molecule has 0 bridgehead atoms. The molecule has 0 radical (unpaired) electrons. The Morgan fingerprint density at radius 3 is 2.62 bits per heavy atom. The summed E-state index contributed by atoms with van der Waals surface area (Å²) in [6, 6.07) is 6.35. The summed E-state index contributed by atoms with van der Waals surface area (Å²) in [5.41, 5.74) is 0.927. The average molecular weight is 369 g/mol. The van der Waals surface area contributed by atoms with Gasteiger partial charge in [-0.15, -0.1) is 0 Å². The molecule has 0 atom stereocenters. The first-order chi connectivity index (χ1) is 11.4. The summed E-state index contributed by atoms with van der Waals surface area (Å²) in [6.07, 6.45) is 1.29. The van der Waals surface area contributed by atoms with Gasteiger partial charge in [0.25, 0.3) is 0 Å². The molecule has 2 aromatic rings. The van der Waals surface area contributed by atoms with Crippen LogP contribution in [0.5, 0.6) is 5.75 Å². The SMILES string of the molecule is COC(=O)c1cc(NC(=O)Cc2cc(Cl)ccc2OC)c(Cl)cn1. The quantitative estimate of drug-likeness (QED) is 0.818. The highest BCUT2D eigenvalue weighted by atomic mass is 35.5. The first-order valence-corrected chi connectivity index (χ1v) is 7.56. The first kappa shape index (κ1) is 18.0. The van der Waals surface area contributed by atoms with E-state index in [4.69, 9.17) is 27.9 Å². The van der Waals surface area contributed by atoms with Gasteiger partial charge in [-0.3, -0.25) is 4.79 Å². The summed E-state index contributed by atoms with van der Waals surface area (Å²) in [6.45, 7) is 0. The summed E-state index contributed by atoms with van der Waals surface area (Å²) >= 11 is 11.9. The number of amides is 1. The second-order valence-corrected chi connectivity index (χ2v) is 5.57. The standard InChI is InChI=1S/C16H14Cl2N2O4/c1-23-14-4-3-10(17)5-9(14)6-15(21)20-12-7-13(16(22)24-2)19-8-11(12)18/h3-5,7-8H,6H2,1-2H3,(H,19,20,21). The molecule has 24 heavy (non-hydrogen) atoms. The van der Waals surface area contributed by atoms with Crippen LogP contribution in [0, 0.1) is 0 Å². The normalized spacial score (nSPS) is 10.2. The van der Waals surface area contributed by atoms with Crippen LogP contribution in [0.15, 0.2) is 30.5 Å². The number of hydrogen-bond acceptors (Lipinski definition) is 5.